The molecule has 1 aromatic carbocycles. The smallest absolute Gasteiger partial charge is 0.211 e. The molecule has 1 N–H and O–H groups in total. The number of rotatable bonds is 5. The van der Waals surface area contributed by atoms with Crippen LogP contribution in [0.2, 0.25) is 0 Å². The molecule has 0 aliphatic carbocycles. The van der Waals surface area contributed by atoms with Crippen LogP contribution in [0.3, 0.4) is 0 Å². The Bertz CT molecular complexity index is 483. The van der Waals surface area contributed by atoms with Crippen molar-refractivity contribution in [2.75, 3.05) is 6.54 Å². The second kappa shape index (κ2) is 5.61. The molecule has 0 spiro atoms. The lowest BCUT2D eigenvalue weighted by Crippen LogP contribution is -2.25. The fourth-order valence-corrected chi connectivity index (χ4v) is 3.07. The minimum atomic E-state index is -3.41. The predicted octanol–water partition coefficient (Wildman–Crippen LogP) is 2.61. The molecule has 3 nitrogen and oxygen atoms in total. The van der Waals surface area contributed by atoms with Crippen molar-refractivity contribution < 1.29 is 8.42 Å². The zero-order chi connectivity index (χ0) is 12.2. The number of hydrogen-bond acceptors (Lipinski definition) is 2. The molecule has 88 valence electrons. The minimum absolute atomic E-state index is 0.311. The summed E-state index contributed by atoms with van der Waals surface area (Å²) in [4.78, 5) is 0.311. The third-order valence-electron chi connectivity index (χ3n) is 2.08. The number of benzene rings is 1. The first kappa shape index (κ1) is 13.4. The number of aryl methyl sites for hydroxylation is 1. The number of hydrogen-bond donors (Lipinski definition) is 1. The number of nitrogens with one attached hydrogen (secondary N) is 1. The third-order valence-corrected chi connectivity index (χ3v) is 4.18. The van der Waals surface area contributed by atoms with E-state index in [1.165, 1.54) is 0 Å². The third kappa shape index (κ3) is 3.43. The molecule has 0 saturated carbocycles. The lowest BCUT2D eigenvalue weighted by atomic mass is 10.2. The van der Waals surface area contributed by atoms with Crippen LogP contribution >= 0.6 is 15.9 Å². The maximum atomic E-state index is 11.9. The second-order valence-corrected chi connectivity index (χ2v) is 6.04. The fourth-order valence-electron chi connectivity index (χ4n) is 1.24. The zero-order valence-corrected chi connectivity index (χ0v) is 11.4. The molecule has 1 rings (SSSR count). The van der Waals surface area contributed by atoms with Gasteiger partial charge in [0.05, 0.1) is 4.90 Å². The van der Waals surface area contributed by atoms with Crippen LogP contribution in [0.15, 0.2) is 40.2 Å². The van der Waals surface area contributed by atoms with Gasteiger partial charge in [-0.2, -0.15) is 0 Å². The van der Waals surface area contributed by atoms with E-state index in [1.807, 2.05) is 6.07 Å². The van der Waals surface area contributed by atoms with Crippen LogP contribution in [0.5, 0.6) is 0 Å². The fraction of sp³-hybridized carbons (Fsp3) is 0.273. The minimum Gasteiger partial charge on any atom is -0.211 e. The SMILES string of the molecule is C=CCCNS(=O)(=O)c1cc(Br)ccc1C. The summed E-state index contributed by atoms with van der Waals surface area (Å²) in [7, 11) is -3.41. The van der Waals surface area contributed by atoms with Gasteiger partial charge >= 0.3 is 0 Å². The largest absolute Gasteiger partial charge is 0.240 e. The Labute approximate surface area is 105 Å². The Morgan fingerprint density at radius 1 is 1.50 bits per heavy atom. The van der Waals surface area contributed by atoms with Crippen LogP contribution in [0, 0.1) is 6.92 Å². The van der Waals surface area contributed by atoms with Crippen molar-refractivity contribution in [2.45, 2.75) is 18.2 Å². The summed E-state index contributed by atoms with van der Waals surface area (Å²) in [6.07, 6.45) is 2.29. The Morgan fingerprint density at radius 2 is 2.19 bits per heavy atom. The average molecular weight is 304 g/mol. The van der Waals surface area contributed by atoms with E-state index in [0.717, 1.165) is 10.0 Å². The molecule has 0 radical (unpaired) electrons. The Balaban J connectivity index is 2.97. The monoisotopic (exact) mass is 303 g/mol. The van der Waals surface area contributed by atoms with Gasteiger partial charge in [-0.25, -0.2) is 13.1 Å². The first-order chi connectivity index (χ1) is 7.47. The van der Waals surface area contributed by atoms with Gasteiger partial charge in [-0.1, -0.05) is 28.1 Å². The molecule has 0 fully saturated rings. The van der Waals surface area contributed by atoms with Crippen LogP contribution in [-0.2, 0) is 10.0 Å². The lowest BCUT2D eigenvalue weighted by Gasteiger charge is -2.08. The van der Waals surface area contributed by atoms with Crippen molar-refractivity contribution in [3.05, 3.63) is 40.9 Å². The topological polar surface area (TPSA) is 46.2 Å². The van der Waals surface area contributed by atoms with E-state index in [0.29, 0.717) is 17.9 Å². The lowest BCUT2D eigenvalue weighted by molar-refractivity contribution is 0.581. The molecule has 1 aromatic rings. The van der Waals surface area contributed by atoms with E-state index in [1.54, 1.807) is 25.1 Å². The number of sulfonamides is 1. The van der Waals surface area contributed by atoms with Crippen LogP contribution < -0.4 is 4.72 Å². The van der Waals surface area contributed by atoms with Crippen LogP contribution in [0.1, 0.15) is 12.0 Å². The van der Waals surface area contributed by atoms with Crippen LogP contribution in [-0.4, -0.2) is 15.0 Å². The first-order valence-electron chi connectivity index (χ1n) is 4.84. The van der Waals surface area contributed by atoms with E-state index in [9.17, 15) is 8.42 Å². The van der Waals surface area contributed by atoms with Crippen LogP contribution in [0.4, 0.5) is 0 Å². The Hall–Kier alpha value is -0.650. The molecule has 0 aliphatic heterocycles. The van der Waals surface area contributed by atoms with Gasteiger partial charge in [-0.15, -0.1) is 6.58 Å². The van der Waals surface area contributed by atoms with Crippen molar-refractivity contribution in [1.82, 2.24) is 4.72 Å². The van der Waals surface area contributed by atoms with Gasteiger partial charge in [0.1, 0.15) is 0 Å². The molecule has 0 saturated heterocycles. The van der Waals surface area contributed by atoms with E-state index in [2.05, 4.69) is 27.2 Å². The number of halogens is 1. The van der Waals surface area contributed by atoms with Gasteiger partial charge in [-0.05, 0) is 31.0 Å². The molecule has 0 aliphatic rings. The van der Waals surface area contributed by atoms with Crippen molar-refractivity contribution in [1.29, 1.82) is 0 Å². The summed E-state index contributed by atoms with van der Waals surface area (Å²) in [5.74, 6) is 0. The summed E-state index contributed by atoms with van der Waals surface area (Å²) in [5, 5.41) is 0. The molecular weight excluding hydrogens is 290 g/mol. The summed E-state index contributed by atoms with van der Waals surface area (Å²) in [5.41, 5.74) is 0.731. The van der Waals surface area contributed by atoms with Crippen molar-refractivity contribution in [2.24, 2.45) is 0 Å². The highest BCUT2D eigenvalue weighted by atomic mass is 79.9. The molecule has 5 heteroatoms. The van der Waals surface area contributed by atoms with Gasteiger partial charge in [0.25, 0.3) is 0 Å². The molecule has 0 bridgehead atoms. The molecule has 0 atom stereocenters. The Morgan fingerprint density at radius 3 is 2.81 bits per heavy atom. The van der Waals surface area contributed by atoms with Gasteiger partial charge in [-0.3, -0.25) is 0 Å². The van der Waals surface area contributed by atoms with E-state index in [-0.39, 0.29) is 0 Å². The summed E-state index contributed by atoms with van der Waals surface area (Å²) >= 11 is 3.26. The van der Waals surface area contributed by atoms with Gasteiger partial charge in [0, 0.05) is 11.0 Å². The summed E-state index contributed by atoms with van der Waals surface area (Å²) in [6.45, 7) is 5.69. The standard InChI is InChI=1S/C11H14BrNO2S/c1-3-4-7-13-16(14,15)11-8-10(12)6-5-9(11)2/h3,5-6,8,13H,1,4,7H2,2H3. The summed E-state index contributed by atoms with van der Waals surface area (Å²) in [6, 6.07) is 5.19. The van der Waals surface area contributed by atoms with Crippen molar-refractivity contribution >= 4 is 26.0 Å². The molecule has 0 unspecified atom stereocenters. The van der Waals surface area contributed by atoms with E-state index >= 15 is 0 Å². The normalized spacial score (nSPS) is 11.4. The summed E-state index contributed by atoms with van der Waals surface area (Å²) < 4.78 is 27.1. The quantitative estimate of drug-likeness (QED) is 0.671. The van der Waals surface area contributed by atoms with Crippen LogP contribution in [0.25, 0.3) is 0 Å². The van der Waals surface area contributed by atoms with E-state index < -0.39 is 10.0 Å². The Kier molecular flexibility index (Phi) is 4.70. The molecule has 0 aromatic heterocycles. The van der Waals surface area contributed by atoms with Gasteiger partial charge < -0.3 is 0 Å². The van der Waals surface area contributed by atoms with E-state index in [4.69, 9.17) is 0 Å². The zero-order valence-electron chi connectivity index (χ0n) is 9.03. The predicted molar refractivity (Wildman–Crippen MR) is 68.9 cm³/mol. The highest BCUT2D eigenvalue weighted by Crippen LogP contribution is 2.20. The van der Waals surface area contributed by atoms with Crippen molar-refractivity contribution in [3.63, 3.8) is 0 Å². The van der Waals surface area contributed by atoms with Gasteiger partial charge in [0.2, 0.25) is 10.0 Å². The molecule has 16 heavy (non-hydrogen) atoms. The van der Waals surface area contributed by atoms with Gasteiger partial charge in [0.15, 0.2) is 0 Å². The van der Waals surface area contributed by atoms with Crippen molar-refractivity contribution in [3.8, 4) is 0 Å². The molecule has 0 amide bonds. The second-order valence-electron chi connectivity index (χ2n) is 3.38. The molecular formula is C11H14BrNO2S. The highest BCUT2D eigenvalue weighted by molar-refractivity contribution is 9.10. The first-order valence-corrected chi connectivity index (χ1v) is 7.11. The maximum absolute atomic E-state index is 11.9. The maximum Gasteiger partial charge on any atom is 0.240 e. The molecule has 0 heterocycles. The average Bonchev–Trinajstić information content (AvgIpc) is 2.22. The highest BCUT2D eigenvalue weighted by Gasteiger charge is 2.15.